The summed E-state index contributed by atoms with van der Waals surface area (Å²) >= 11 is 0. The van der Waals surface area contributed by atoms with Crippen molar-refractivity contribution < 1.29 is 17.9 Å². The zero-order chi connectivity index (χ0) is 21.1. The SMILES string of the molecule is CN=C(NCc1cccc(NC(=O)C2CCCO2)c1)N1CCS(=O)(=O)C(C)(C)C1. The molecule has 0 bridgehead atoms. The van der Waals surface area contributed by atoms with Crippen molar-refractivity contribution in [2.75, 3.05) is 37.8 Å². The fourth-order valence-electron chi connectivity index (χ4n) is 3.60. The Morgan fingerprint density at radius 3 is 2.83 bits per heavy atom. The largest absolute Gasteiger partial charge is 0.368 e. The molecule has 1 aromatic carbocycles. The summed E-state index contributed by atoms with van der Waals surface area (Å²) in [6, 6.07) is 7.62. The Labute approximate surface area is 172 Å². The van der Waals surface area contributed by atoms with E-state index in [1.807, 2.05) is 29.2 Å². The number of hydrogen-bond acceptors (Lipinski definition) is 5. The number of ether oxygens (including phenoxy) is 1. The summed E-state index contributed by atoms with van der Waals surface area (Å²) in [6.45, 7) is 5.47. The third-order valence-corrected chi connectivity index (χ3v) is 7.96. The van der Waals surface area contributed by atoms with Crippen molar-refractivity contribution in [2.24, 2.45) is 4.99 Å². The fourth-order valence-corrected chi connectivity index (χ4v) is 4.97. The first-order chi connectivity index (χ1) is 13.7. The first-order valence-electron chi connectivity index (χ1n) is 9.91. The van der Waals surface area contributed by atoms with Crippen molar-refractivity contribution in [3.05, 3.63) is 29.8 Å². The molecule has 1 aromatic rings. The molecule has 1 atom stereocenters. The van der Waals surface area contributed by atoms with E-state index < -0.39 is 14.6 Å². The molecule has 2 aliphatic heterocycles. The van der Waals surface area contributed by atoms with Crippen molar-refractivity contribution in [1.82, 2.24) is 10.2 Å². The van der Waals surface area contributed by atoms with Crippen molar-refractivity contribution in [2.45, 2.75) is 44.1 Å². The van der Waals surface area contributed by atoms with Gasteiger partial charge in [0, 0.05) is 39.0 Å². The number of guanidine groups is 1. The predicted molar refractivity (Wildman–Crippen MR) is 114 cm³/mol. The molecule has 29 heavy (non-hydrogen) atoms. The summed E-state index contributed by atoms with van der Waals surface area (Å²) in [5, 5.41) is 6.21. The summed E-state index contributed by atoms with van der Waals surface area (Å²) in [5.74, 6) is 0.674. The number of carbonyl (C=O) groups excluding carboxylic acids is 1. The van der Waals surface area contributed by atoms with Gasteiger partial charge in [0.1, 0.15) is 6.10 Å². The molecule has 2 heterocycles. The van der Waals surface area contributed by atoms with Crippen LogP contribution in [0, 0.1) is 0 Å². The first-order valence-corrected chi connectivity index (χ1v) is 11.6. The van der Waals surface area contributed by atoms with Crippen LogP contribution in [0.2, 0.25) is 0 Å². The minimum Gasteiger partial charge on any atom is -0.368 e. The summed E-state index contributed by atoms with van der Waals surface area (Å²) in [6.07, 6.45) is 1.30. The van der Waals surface area contributed by atoms with E-state index in [0.717, 1.165) is 24.1 Å². The second-order valence-electron chi connectivity index (χ2n) is 8.09. The fraction of sp³-hybridized carbons (Fsp3) is 0.600. The summed E-state index contributed by atoms with van der Waals surface area (Å²) in [4.78, 5) is 18.5. The van der Waals surface area contributed by atoms with Crippen LogP contribution in [0.5, 0.6) is 0 Å². The van der Waals surface area contributed by atoms with E-state index in [0.29, 0.717) is 32.2 Å². The van der Waals surface area contributed by atoms with Crippen LogP contribution in [-0.4, -0.2) is 68.5 Å². The van der Waals surface area contributed by atoms with Crippen LogP contribution in [0.3, 0.4) is 0 Å². The molecular weight excluding hydrogens is 392 g/mol. The number of sulfone groups is 1. The number of amides is 1. The van der Waals surface area contributed by atoms with Gasteiger partial charge in [-0.3, -0.25) is 9.79 Å². The zero-order valence-corrected chi connectivity index (χ0v) is 18.1. The third-order valence-electron chi connectivity index (χ3n) is 5.42. The van der Waals surface area contributed by atoms with Gasteiger partial charge in [-0.15, -0.1) is 0 Å². The van der Waals surface area contributed by atoms with E-state index in [2.05, 4.69) is 15.6 Å². The highest BCUT2D eigenvalue weighted by molar-refractivity contribution is 7.92. The Morgan fingerprint density at radius 1 is 1.38 bits per heavy atom. The zero-order valence-electron chi connectivity index (χ0n) is 17.3. The molecule has 2 N–H and O–H groups in total. The molecule has 1 unspecified atom stereocenters. The van der Waals surface area contributed by atoms with Crippen molar-refractivity contribution in [1.29, 1.82) is 0 Å². The number of nitrogens with one attached hydrogen (secondary N) is 2. The average molecular weight is 423 g/mol. The van der Waals surface area contributed by atoms with Gasteiger partial charge < -0.3 is 20.3 Å². The smallest absolute Gasteiger partial charge is 0.253 e. The number of benzene rings is 1. The molecule has 160 valence electrons. The number of carbonyl (C=O) groups is 1. The lowest BCUT2D eigenvalue weighted by atomic mass is 10.1. The van der Waals surface area contributed by atoms with Gasteiger partial charge in [0.15, 0.2) is 15.8 Å². The van der Waals surface area contributed by atoms with Gasteiger partial charge in [0.2, 0.25) is 0 Å². The minimum atomic E-state index is -3.10. The molecule has 2 saturated heterocycles. The van der Waals surface area contributed by atoms with Gasteiger partial charge in [0.05, 0.1) is 10.5 Å². The van der Waals surface area contributed by atoms with Crippen LogP contribution in [0.4, 0.5) is 5.69 Å². The van der Waals surface area contributed by atoms with Crippen LogP contribution >= 0.6 is 0 Å². The molecular formula is C20H30N4O4S. The van der Waals surface area contributed by atoms with Crippen LogP contribution in [0.1, 0.15) is 32.3 Å². The molecule has 0 spiro atoms. The van der Waals surface area contributed by atoms with E-state index in [-0.39, 0.29) is 17.8 Å². The maximum absolute atomic E-state index is 12.2. The molecule has 3 rings (SSSR count). The second kappa shape index (κ2) is 8.71. The Kier molecular flexibility index (Phi) is 6.48. The highest BCUT2D eigenvalue weighted by Crippen LogP contribution is 2.24. The Hall–Kier alpha value is -2.13. The van der Waals surface area contributed by atoms with Gasteiger partial charge in [-0.05, 0) is 44.4 Å². The molecule has 0 aliphatic carbocycles. The van der Waals surface area contributed by atoms with Crippen LogP contribution in [-0.2, 0) is 25.9 Å². The molecule has 0 saturated carbocycles. The van der Waals surface area contributed by atoms with E-state index in [1.165, 1.54) is 0 Å². The Morgan fingerprint density at radius 2 is 2.17 bits per heavy atom. The normalized spacial score (nSPS) is 23.6. The maximum atomic E-state index is 12.2. The molecule has 2 fully saturated rings. The molecule has 9 heteroatoms. The van der Waals surface area contributed by atoms with Crippen molar-refractivity contribution in [3.63, 3.8) is 0 Å². The van der Waals surface area contributed by atoms with Crippen molar-refractivity contribution >= 4 is 27.4 Å². The quantitative estimate of drug-likeness (QED) is 0.562. The summed E-state index contributed by atoms with van der Waals surface area (Å²) in [7, 11) is -1.41. The predicted octanol–water partition coefficient (Wildman–Crippen LogP) is 1.39. The lowest BCUT2D eigenvalue weighted by molar-refractivity contribution is -0.124. The van der Waals surface area contributed by atoms with Gasteiger partial charge in [0.25, 0.3) is 5.91 Å². The highest BCUT2D eigenvalue weighted by Gasteiger charge is 2.40. The average Bonchev–Trinajstić information content (AvgIpc) is 3.20. The summed E-state index contributed by atoms with van der Waals surface area (Å²) < 4.78 is 29.1. The van der Waals surface area contributed by atoms with Gasteiger partial charge in [-0.1, -0.05) is 12.1 Å². The number of aliphatic imine (C=N–C) groups is 1. The van der Waals surface area contributed by atoms with E-state index in [9.17, 15) is 13.2 Å². The molecule has 0 radical (unpaired) electrons. The maximum Gasteiger partial charge on any atom is 0.253 e. The molecule has 2 aliphatic rings. The third kappa shape index (κ3) is 5.08. The molecule has 8 nitrogen and oxygen atoms in total. The number of hydrogen-bond donors (Lipinski definition) is 2. The molecule has 1 amide bonds. The number of nitrogens with zero attached hydrogens (tertiary/aromatic N) is 2. The minimum absolute atomic E-state index is 0.111. The number of anilines is 1. The van der Waals surface area contributed by atoms with Crippen LogP contribution in [0.15, 0.2) is 29.3 Å². The van der Waals surface area contributed by atoms with Crippen molar-refractivity contribution in [3.8, 4) is 0 Å². The van der Waals surface area contributed by atoms with Gasteiger partial charge >= 0.3 is 0 Å². The highest BCUT2D eigenvalue weighted by atomic mass is 32.2. The Bertz CT molecular complexity index is 876. The second-order valence-corrected chi connectivity index (χ2v) is 10.8. The van der Waals surface area contributed by atoms with Crippen LogP contribution < -0.4 is 10.6 Å². The van der Waals surface area contributed by atoms with E-state index in [1.54, 1.807) is 20.9 Å². The lowest BCUT2D eigenvalue weighted by Gasteiger charge is -2.39. The van der Waals surface area contributed by atoms with E-state index >= 15 is 0 Å². The lowest BCUT2D eigenvalue weighted by Crippen LogP contribution is -2.57. The summed E-state index contributed by atoms with van der Waals surface area (Å²) in [5.41, 5.74) is 1.71. The standard InChI is InChI=1S/C20H30N4O4S/c1-20(2)14-24(9-11-29(20,26)27)19(21-3)22-13-15-6-4-7-16(12-15)23-18(25)17-8-5-10-28-17/h4,6-7,12,17H,5,8-11,13-14H2,1-3H3,(H,21,22)(H,23,25). The number of rotatable bonds is 4. The van der Waals surface area contributed by atoms with E-state index in [4.69, 9.17) is 4.74 Å². The van der Waals surface area contributed by atoms with Gasteiger partial charge in [-0.25, -0.2) is 8.42 Å². The monoisotopic (exact) mass is 422 g/mol. The topological polar surface area (TPSA) is 100 Å². The first kappa shape index (κ1) is 21.6. The Balaban J connectivity index is 1.59. The molecule has 0 aromatic heterocycles. The van der Waals surface area contributed by atoms with Crippen LogP contribution in [0.25, 0.3) is 0 Å². The van der Waals surface area contributed by atoms with Gasteiger partial charge in [-0.2, -0.15) is 0 Å².